The quantitative estimate of drug-likeness (QED) is 0.657. The van der Waals surface area contributed by atoms with Crippen molar-refractivity contribution in [3.05, 3.63) is 53.6 Å². The van der Waals surface area contributed by atoms with Crippen molar-refractivity contribution in [1.82, 2.24) is 0 Å². The van der Waals surface area contributed by atoms with Crippen molar-refractivity contribution >= 4 is 11.7 Å². The first-order valence-electron chi connectivity index (χ1n) is 10.2. The van der Waals surface area contributed by atoms with E-state index in [-0.39, 0.29) is 24.3 Å². The second-order valence-corrected chi connectivity index (χ2v) is 8.41. The molecule has 0 amide bonds. The molecular weight excluding hydrogens is 379 g/mol. The Bertz CT molecular complexity index is 798. The van der Waals surface area contributed by atoms with Crippen molar-refractivity contribution in [2.24, 2.45) is 11.8 Å². The first-order chi connectivity index (χ1) is 13.6. The smallest absolute Gasteiger partial charge is 0.416 e. The third-order valence-electron chi connectivity index (χ3n) is 6.04. The summed E-state index contributed by atoms with van der Waals surface area (Å²) < 4.78 is 38.9. The maximum absolute atomic E-state index is 13.0. The molecule has 0 spiro atoms. The molecule has 1 aromatic carbocycles. The van der Waals surface area contributed by atoms with Gasteiger partial charge in [-0.25, -0.2) is 0 Å². The predicted molar refractivity (Wildman–Crippen MR) is 108 cm³/mol. The number of carboxylic acid groups (broad SMARTS) is 1. The average Bonchev–Trinajstić information content (AvgIpc) is 2.67. The van der Waals surface area contributed by atoms with Crippen molar-refractivity contribution in [3.8, 4) is 0 Å². The van der Waals surface area contributed by atoms with Gasteiger partial charge in [0, 0.05) is 30.6 Å². The normalized spacial score (nSPS) is 25.2. The van der Waals surface area contributed by atoms with E-state index in [1.54, 1.807) is 6.08 Å². The molecule has 1 aliphatic heterocycles. The third-order valence-corrected chi connectivity index (χ3v) is 6.04. The fourth-order valence-electron chi connectivity index (χ4n) is 4.43. The summed E-state index contributed by atoms with van der Waals surface area (Å²) >= 11 is 0. The minimum atomic E-state index is -4.33. The molecule has 0 aromatic heterocycles. The number of benzene rings is 1. The highest BCUT2D eigenvalue weighted by atomic mass is 19.4. The summed E-state index contributed by atoms with van der Waals surface area (Å²) in [4.78, 5) is 13.5. The number of anilines is 1. The van der Waals surface area contributed by atoms with Crippen molar-refractivity contribution in [2.45, 2.75) is 57.7 Å². The zero-order chi connectivity index (χ0) is 21.2. The van der Waals surface area contributed by atoms with Crippen molar-refractivity contribution in [1.29, 1.82) is 0 Å². The number of rotatable bonds is 5. The second-order valence-electron chi connectivity index (χ2n) is 8.41. The van der Waals surface area contributed by atoms with Gasteiger partial charge in [-0.2, -0.15) is 13.2 Å². The highest BCUT2D eigenvalue weighted by Crippen LogP contribution is 2.39. The molecule has 0 radical (unpaired) electrons. The maximum Gasteiger partial charge on any atom is 0.416 e. The van der Waals surface area contributed by atoms with Crippen LogP contribution >= 0.6 is 0 Å². The van der Waals surface area contributed by atoms with E-state index >= 15 is 0 Å². The molecule has 1 aliphatic carbocycles. The monoisotopic (exact) mass is 407 g/mol. The average molecular weight is 407 g/mol. The van der Waals surface area contributed by atoms with Gasteiger partial charge in [-0.05, 0) is 48.8 Å². The molecule has 1 unspecified atom stereocenters. The van der Waals surface area contributed by atoms with Gasteiger partial charge in [0.25, 0.3) is 0 Å². The summed E-state index contributed by atoms with van der Waals surface area (Å²) in [5.41, 5.74) is 1.68. The van der Waals surface area contributed by atoms with Crippen LogP contribution in [0.4, 0.5) is 18.9 Å². The molecule has 29 heavy (non-hydrogen) atoms. The van der Waals surface area contributed by atoms with E-state index in [9.17, 15) is 23.1 Å². The van der Waals surface area contributed by atoms with Crippen LogP contribution < -0.4 is 4.90 Å². The van der Waals surface area contributed by atoms with Gasteiger partial charge in [-0.15, -0.1) is 0 Å². The van der Waals surface area contributed by atoms with Crippen LogP contribution in [-0.4, -0.2) is 29.8 Å². The number of carbonyl (C=O) groups is 1. The van der Waals surface area contributed by atoms with Crippen LogP contribution in [0, 0.1) is 11.8 Å². The Morgan fingerprint density at radius 1 is 1.31 bits per heavy atom. The number of nitrogens with zero attached hydrogens (tertiary/aromatic N) is 1. The Kier molecular flexibility index (Phi) is 6.39. The zero-order valence-corrected chi connectivity index (χ0v) is 16.8. The third kappa shape index (κ3) is 5.22. The number of allylic oxidation sites excluding steroid dienone is 3. The molecule has 1 fully saturated rings. The minimum absolute atomic E-state index is 0.0159. The SMILES string of the molecule is CC(C)c1cccc(N2CC[C@H](CC(=O)O)C[C@@H]2C2C=CC(C(F)(F)F)=CC2)c1. The van der Waals surface area contributed by atoms with E-state index < -0.39 is 17.7 Å². The fraction of sp³-hybridized carbons (Fsp3) is 0.522. The number of halogens is 3. The van der Waals surface area contributed by atoms with Gasteiger partial charge >= 0.3 is 12.1 Å². The minimum Gasteiger partial charge on any atom is -0.481 e. The van der Waals surface area contributed by atoms with Gasteiger partial charge in [-0.1, -0.05) is 44.2 Å². The van der Waals surface area contributed by atoms with Crippen LogP contribution in [0.3, 0.4) is 0 Å². The number of alkyl halides is 3. The van der Waals surface area contributed by atoms with Crippen molar-refractivity contribution < 1.29 is 23.1 Å². The number of hydrogen-bond donors (Lipinski definition) is 1. The lowest BCUT2D eigenvalue weighted by Gasteiger charge is -2.44. The standard InChI is InChI=1S/C23H28F3NO2/c1-15(2)18-4-3-5-20(14-18)27-11-10-16(13-22(28)29)12-21(27)17-6-8-19(9-7-17)23(24,25)26/h3-6,8-9,14-17,21H,7,10-13H2,1-2H3,(H,28,29)/t16-,17?,21+/m0/s1. The Balaban J connectivity index is 1.85. The molecule has 0 saturated carbocycles. The van der Waals surface area contributed by atoms with Crippen LogP contribution in [0.5, 0.6) is 0 Å². The molecule has 1 aromatic rings. The Hall–Kier alpha value is -2.24. The van der Waals surface area contributed by atoms with Crippen LogP contribution in [0.15, 0.2) is 48.1 Å². The van der Waals surface area contributed by atoms with Crippen LogP contribution in [0.2, 0.25) is 0 Å². The van der Waals surface area contributed by atoms with Crippen molar-refractivity contribution in [3.63, 3.8) is 0 Å². The largest absolute Gasteiger partial charge is 0.481 e. The predicted octanol–water partition coefficient (Wildman–Crippen LogP) is 5.93. The van der Waals surface area contributed by atoms with E-state index in [0.29, 0.717) is 25.3 Å². The number of hydrogen-bond acceptors (Lipinski definition) is 2. The second kappa shape index (κ2) is 8.64. The first-order valence-corrected chi connectivity index (χ1v) is 10.2. The molecule has 3 atom stereocenters. The summed E-state index contributed by atoms with van der Waals surface area (Å²) in [6.07, 6.45) is 1.65. The first kappa shape index (κ1) is 21.5. The molecule has 1 N–H and O–H groups in total. The maximum atomic E-state index is 13.0. The van der Waals surface area contributed by atoms with Crippen LogP contribution in [0.25, 0.3) is 0 Å². The summed E-state index contributed by atoms with van der Waals surface area (Å²) in [7, 11) is 0. The lowest BCUT2D eigenvalue weighted by molar-refractivity contribution is -0.138. The summed E-state index contributed by atoms with van der Waals surface area (Å²) in [5.74, 6) is -0.462. The van der Waals surface area contributed by atoms with E-state index in [1.807, 2.05) is 12.1 Å². The topological polar surface area (TPSA) is 40.5 Å². The van der Waals surface area contributed by atoms with Crippen molar-refractivity contribution in [2.75, 3.05) is 11.4 Å². The summed E-state index contributed by atoms with van der Waals surface area (Å²) in [5, 5.41) is 9.20. The van der Waals surface area contributed by atoms with E-state index in [4.69, 9.17) is 0 Å². The number of piperidine rings is 1. The molecule has 2 aliphatic rings. The van der Waals surface area contributed by atoms with Gasteiger partial charge in [0.15, 0.2) is 0 Å². The van der Waals surface area contributed by atoms with E-state index in [0.717, 1.165) is 12.1 Å². The van der Waals surface area contributed by atoms with Gasteiger partial charge in [0.2, 0.25) is 0 Å². The van der Waals surface area contributed by atoms with Crippen LogP contribution in [0.1, 0.15) is 51.0 Å². The summed E-state index contributed by atoms with van der Waals surface area (Å²) in [6, 6.07) is 8.28. The summed E-state index contributed by atoms with van der Waals surface area (Å²) in [6.45, 7) is 4.97. The van der Waals surface area contributed by atoms with Gasteiger partial charge in [0.1, 0.15) is 0 Å². The highest BCUT2D eigenvalue weighted by molar-refractivity contribution is 5.67. The molecule has 6 heteroatoms. The molecule has 0 bridgehead atoms. The van der Waals surface area contributed by atoms with Gasteiger partial charge in [-0.3, -0.25) is 4.79 Å². The fourth-order valence-corrected chi connectivity index (χ4v) is 4.43. The van der Waals surface area contributed by atoms with Gasteiger partial charge < -0.3 is 10.0 Å². The lowest BCUT2D eigenvalue weighted by atomic mass is 9.79. The Morgan fingerprint density at radius 3 is 2.66 bits per heavy atom. The lowest BCUT2D eigenvalue weighted by Crippen LogP contribution is -2.47. The molecule has 3 nitrogen and oxygen atoms in total. The Morgan fingerprint density at radius 2 is 2.07 bits per heavy atom. The molecule has 3 rings (SSSR count). The van der Waals surface area contributed by atoms with E-state index in [2.05, 4.69) is 30.9 Å². The molecular formula is C23H28F3NO2. The van der Waals surface area contributed by atoms with Crippen LogP contribution in [-0.2, 0) is 4.79 Å². The number of aliphatic carboxylic acids is 1. The molecule has 1 heterocycles. The number of carboxylic acids is 1. The van der Waals surface area contributed by atoms with E-state index in [1.165, 1.54) is 17.7 Å². The Labute approximate surface area is 169 Å². The molecule has 158 valence electrons. The zero-order valence-electron chi connectivity index (χ0n) is 16.8. The molecule has 1 saturated heterocycles. The van der Waals surface area contributed by atoms with Gasteiger partial charge in [0.05, 0.1) is 5.57 Å². The highest BCUT2D eigenvalue weighted by Gasteiger charge is 2.37.